The molecule has 0 radical (unpaired) electrons. The van der Waals surface area contributed by atoms with Gasteiger partial charge in [0, 0.05) is 11.3 Å². The van der Waals surface area contributed by atoms with E-state index in [9.17, 15) is 22.4 Å². The van der Waals surface area contributed by atoms with Crippen LogP contribution in [0.25, 0.3) is 20.8 Å². The van der Waals surface area contributed by atoms with E-state index < -0.39 is 40.5 Å². The number of methoxy groups -OCH3 is 1. The molecule has 0 saturated carbocycles. The number of anilines is 1. The Bertz CT molecular complexity index is 1350. The van der Waals surface area contributed by atoms with Gasteiger partial charge in [0.15, 0.2) is 22.5 Å². The summed E-state index contributed by atoms with van der Waals surface area (Å²) in [4.78, 5) is 16.8. The van der Waals surface area contributed by atoms with Gasteiger partial charge in [-0.15, -0.1) is 11.3 Å². The number of nitrogens with one attached hydrogen (secondary N) is 2. The molecule has 33 heavy (non-hydrogen) atoms. The fourth-order valence-corrected chi connectivity index (χ4v) is 4.22. The summed E-state index contributed by atoms with van der Waals surface area (Å²) in [5.74, 6) is -10.2. The second-order valence-corrected chi connectivity index (χ2v) is 8.08. The number of thiocarbonyl (C=S) groups is 1. The average molecular weight is 491 g/mol. The minimum absolute atomic E-state index is 0.336. The smallest absolute Gasteiger partial charge is 0.263 e. The van der Waals surface area contributed by atoms with Crippen LogP contribution in [0.1, 0.15) is 10.4 Å². The summed E-state index contributed by atoms with van der Waals surface area (Å²) < 4.78 is 61.4. The predicted molar refractivity (Wildman–Crippen MR) is 122 cm³/mol. The Balaban J connectivity index is 1.53. The second-order valence-electron chi connectivity index (χ2n) is 6.64. The highest BCUT2D eigenvalue weighted by molar-refractivity contribution is 7.80. The van der Waals surface area contributed by atoms with Gasteiger partial charge in [0.1, 0.15) is 10.6 Å². The van der Waals surface area contributed by atoms with Gasteiger partial charge in [-0.1, -0.05) is 24.3 Å². The quantitative estimate of drug-likeness (QED) is 0.219. The second kappa shape index (κ2) is 9.12. The standard InChI is InChI=1S/C22H13F4N3O2S2/c1-31-19-17(25)15(23)14(16(24)18(19)26)20(30)29-22(32)27-11-6-4-5-10(9-11)21-28-12-7-2-3-8-13(12)33-21/h2-9H,1H3,(H2,27,29,30,32). The van der Waals surface area contributed by atoms with Crippen LogP contribution in [0.5, 0.6) is 5.75 Å². The van der Waals surface area contributed by atoms with Crippen molar-refractivity contribution >= 4 is 50.5 Å². The topological polar surface area (TPSA) is 63.2 Å². The van der Waals surface area contributed by atoms with E-state index in [0.717, 1.165) is 27.9 Å². The number of aromatic nitrogens is 1. The van der Waals surface area contributed by atoms with Crippen LogP contribution in [-0.2, 0) is 0 Å². The summed E-state index contributed by atoms with van der Waals surface area (Å²) in [6, 6.07) is 14.6. The lowest BCUT2D eigenvalue weighted by molar-refractivity contribution is 0.0966. The Labute approximate surface area is 194 Å². The lowest BCUT2D eigenvalue weighted by atomic mass is 10.1. The van der Waals surface area contributed by atoms with Gasteiger partial charge in [-0.05, 0) is 36.5 Å². The molecule has 0 fully saturated rings. The highest BCUT2D eigenvalue weighted by atomic mass is 32.1. The highest BCUT2D eigenvalue weighted by Gasteiger charge is 2.30. The first-order chi connectivity index (χ1) is 15.8. The molecule has 168 valence electrons. The third-order valence-electron chi connectivity index (χ3n) is 4.54. The third kappa shape index (κ3) is 4.37. The van der Waals surface area contributed by atoms with Crippen molar-refractivity contribution in [3.05, 3.63) is 77.4 Å². The Morgan fingerprint density at radius 1 is 1.00 bits per heavy atom. The number of halogens is 4. The molecule has 5 nitrogen and oxygen atoms in total. The van der Waals surface area contributed by atoms with Gasteiger partial charge in [0.2, 0.25) is 11.6 Å². The maximum atomic E-state index is 14.2. The normalized spacial score (nSPS) is 10.8. The number of thiazole rings is 1. The summed E-state index contributed by atoms with van der Waals surface area (Å²) >= 11 is 6.50. The van der Waals surface area contributed by atoms with E-state index in [0.29, 0.717) is 5.69 Å². The van der Waals surface area contributed by atoms with E-state index in [4.69, 9.17) is 12.2 Å². The van der Waals surface area contributed by atoms with E-state index in [2.05, 4.69) is 15.0 Å². The van der Waals surface area contributed by atoms with Crippen molar-refractivity contribution < 1.29 is 27.1 Å². The van der Waals surface area contributed by atoms with Crippen molar-refractivity contribution in [1.29, 1.82) is 0 Å². The predicted octanol–water partition coefficient (Wildman–Crippen LogP) is 5.66. The van der Waals surface area contributed by atoms with Crippen molar-refractivity contribution in [1.82, 2.24) is 10.3 Å². The van der Waals surface area contributed by atoms with Crippen molar-refractivity contribution in [2.75, 3.05) is 12.4 Å². The van der Waals surface area contributed by atoms with E-state index in [1.54, 1.807) is 18.2 Å². The zero-order valence-corrected chi connectivity index (χ0v) is 18.3. The Hall–Kier alpha value is -3.57. The van der Waals surface area contributed by atoms with Crippen LogP contribution < -0.4 is 15.4 Å². The number of ether oxygens (including phenoxy) is 1. The molecule has 0 saturated heterocycles. The summed E-state index contributed by atoms with van der Waals surface area (Å²) in [6.07, 6.45) is 0. The Kier molecular flexibility index (Phi) is 6.25. The first-order valence-electron chi connectivity index (χ1n) is 9.28. The summed E-state index contributed by atoms with van der Waals surface area (Å²) in [6.45, 7) is 0. The lowest BCUT2D eigenvalue weighted by Gasteiger charge is -2.13. The number of carbonyl (C=O) groups is 1. The molecule has 1 heterocycles. The van der Waals surface area contributed by atoms with Gasteiger partial charge in [-0.3, -0.25) is 10.1 Å². The number of amides is 1. The molecule has 2 N–H and O–H groups in total. The maximum Gasteiger partial charge on any atom is 0.263 e. The molecule has 0 aliphatic heterocycles. The fourth-order valence-electron chi connectivity index (χ4n) is 3.04. The van der Waals surface area contributed by atoms with E-state index in [1.165, 1.54) is 11.3 Å². The fraction of sp³-hybridized carbons (Fsp3) is 0.0455. The molecule has 4 rings (SSSR count). The minimum Gasteiger partial charge on any atom is -0.491 e. The van der Waals surface area contributed by atoms with E-state index >= 15 is 0 Å². The summed E-state index contributed by atoms with van der Waals surface area (Å²) in [7, 11) is 0.835. The van der Waals surface area contributed by atoms with Crippen LogP contribution in [-0.4, -0.2) is 23.1 Å². The number of carbonyl (C=O) groups excluding carboxylic acids is 1. The first-order valence-corrected chi connectivity index (χ1v) is 10.5. The number of benzene rings is 3. The van der Waals surface area contributed by atoms with Crippen molar-refractivity contribution in [2.24, 2.45) is 0 Å². The number of hydrogen-bond donors (Lipinski definition) is 2. The van der Waals surface area contributed by atoms with Gasteiger partial charge in [0.25, 0.3) is 5.91 Å². The van der Waals surface area contributed by atoms with Gasteiger partial charge >= 0.3 is 0 Å². The van der Waals surface area contributed by atoms with Crippen LogP contribution in [0.2, 0.25) is 0 Å². The minimum atomic E-state index is -1.90. The molecule has 0 aliphatic rings. The van der Waals surface area contributed by atoms with Gasteiger partial charge in [0.05, 0.1) is 17.3 Å². The lowest BCUT2D eigenvalue weighted by Crippen LogP contribution is -2.35. The van der Waals surface area contributed by atoms with Crippen LogP contribution in [0, 0.1) is 23.3 Å². The Morgan fingerprint density at radius 2 is 1.70 bits per heavy atom. The molecule has 3 aromatic carbocycles. The van der Waals surface area contributed by atoms with Crippen LogP contribution in [0.3, 0.4) is 0 Å². The third-order valence-corrected chi connectivity index (χ3v) is 5.83. The molecule has 1 aromatic heterocycles. The average Bonchev–Trinajstić information content (AvgIpc) is 3.23. The number of fused-ring (bicyclic) bond motifs is 1. The molecule has 1 amide bonds. The van der Waals surface area contributed by atoms with E-state index in [-0.39, 0.29) is 5.11 Å². The molecule has 0 bridgehead atoms. The van der Waals surface area contributed by atoms with Gasteiger partial charge in [-0.2, -0.15) is 8.78 Å². The van der Waals surface area contributed by atoms with E-state index in [1.807, 2.05) is 35.6 Å². The molecule has 11 heteroatoms. The zero-order valence-electron chi connectivity index (χ0n) is 16.7. The maximum absolute atomic E-state index is 14.2. The van der Waals surface area contributed by atoms with Gasteiger partial charge in [-0.25, -0.2) is 13.8 Å². The molecule has 0 spiro atoms. The van der Waals surface area contributed by atoms with Crippen LogP contribution >= 0.6 is 23.6 Å². The molecular formula is C22H13F4N3O2S2. The number of para-hydroxylation sites is 1. The van der Waals surface area contributed by atoms with Crippen LogP contribution in [0.4, 0.5) is 23.2 Å². The molecule has 0 atom stereocenters. The van der Waals surface area contributed by atoms with Crippen molar-refractivity contribution in [2.45, 2.75) is 0 Å². The van der Waals surface area contributed by atoms with Gasteiger partial charge < -0.3 is 10.1 Å². The molecular weight excluding hydrogens is 478 g/mol. The van der Waals surface area contributed by atoms with Crippen molar-refractivity contribution in [3.63, 3.8) is 0 Å². The SMILES string of the molecule is COc1c(F)c(F)c(C(=O)NC(=S)Nc2cccc(-c3nc4ccccc4s3)c2)c(F)c1F. The molecule has 4 aromatic rings. The first kappa shape index (κ1) is 22.6. The highest BCUT2D eigenvalue weighted by Crippen LogP contribution is 2.32. The number of hydrogen-bond acceptors (Lipinski definition) is 5. The van der Waals surface area contributed by atoms with Crippen molar-refractivity contribution in [3.8, 4) is 16.3 Å². The molecule has 0 aliphatic carbocycles. The monoisotopic (exact) mass is 491 g/mol. The summed E-state index contributed by atoms with van der Waals surface area (Å²) in [5, 5.41) is 5.13. The largest absolute Gasteiger partial charge is 0.491 e. The molecule has 0 unspecified atom stereocenters. The van der Waals surface area contributed by atoms with Crippen LogP contribution in [0.15, 0.2) is 48.5 Å². The number of rotatable bonds is 4. The Morgan fingerprint density at radius 3 is 2.36 bits per heavy atom. The summed E-state index contributed by atoms with van der Waals surface area (Å²) in [5.41, 5.74) is 0.608. The number of nitrogens with zero attached hydrogens (tertiary/aromatic N) is 1. The zero-order chi connectivity index (χ0) is 23.7.